The number of imidazole rings is 1. The van der Waals surface area contributed by atoms with Crippen LogP contribution in [0, 0.1) is 12.8 Å². The van der Waals surface area contributed by atoms with Crippen molar-refractivity contribution in [3.05, 3.63) is 52.6 Å². The van der Waals surface area contributed by atoms with E-state index in [4.69, 9.17) is 4.42 Å². The summed E-state index contributed by atoms with van der Waals surface area (Å²) in [4.78, 5) is 29.9. The summed E-state index contributed by atoms with van der Waals surface area (Å²) in [5, 5.41) is 0. The molecule has 0 bridgehead atoms. The standard InChI is InChI=1S/C16H19N3O3/c1-12-7-14(20)8-15(22-12)16(21)19-5-2-3-13(10-19)9-18-6-4-17-11-18/h4,6-8,11,13H,2-3,5,9-10H2,1H3. The van der Waals surface area contributed by atoms with Crippen LogP contribution in [0.4, 0.5) is 0 Å². The highest BCUT2D eigenvalue weighted by Crippen LogP contribution is 2.20. The Balaban J connectivity index is 1.71. The van der Waals surface area contributed by atoms with Gasteiger partial charge in [0.1, 0.15) is 5.76 Å². The van der Waals surface area contributed by atoms with Crippen LogP contribution in [-0.2, 0) is 6.54 Å². The zero-order valence-corrected chi connectivity index (χ0v) is 12.6. The summed E-state index contributed by atoms with van der Waals surface area (Å²) in [6.07, 6.45) is 7.52. The van der Waals surface area contributed by atoms with Gasteiger partial charge in [-0.25, -0.2) is 4.98 Å². The van der Waals surface area contributed by atoms with Crippen molar-refractivity contribution in [1.29, 1.82) is 0 Å². The van der Waals surface area contributed by atoms with Crippen LogP contribution in [0.2, 0.25) is 0 Å². The van der Waals surface area contributed by atoms with Crippen molar-refractivity contribution in [1.82, 2.24) is 14.5 Å². The average molecular weight is 301 g/mol. The summed E-state index contributed by atoms with van der Waals surface area (Å²) in [5.41, 5.74) is -0.195. The van der Waals surface area contributed by atoms with Crippen LogP contribution in [0.5, 0.6) is 0 Å². The van der Waals surface area contributed by atoms with Crippen molar-refractivity contribution in [3.63, 3.8) is 0 Å². The fourth-order valence-corrected chi connectivity index (χ4v) is 2.96. The minimum atomic E-state index is -0.198. The highest BCUT2D eigenvalue weighted by molar-refractivity contribution is 5.91. The van der Waals surface area contributed by atoms with Gasteiger partial charge in [-0.15, -0.1) is 0 Å². The minimum Gasteiger partial charge on any atom is -0.456 e. The van der Waals surface area contributed by atoms with Crippen molar-refractivity contribution in [2.24, 2.45) is 5.92 Å². The molecule has 3 rings (SSSR count). The molecule has 1 aliphatic rings. The number of aromatic nitrogens is 2. The molecule has 22 heavy (non-hydrogen) atoms. The molecule has 1 unspecified atom stereocenters. The summed E-state index contributed by atoms with van der Waals surface area (Å²) in [7, 11) is 0. The lowest BCUT2D eigenvalue weighted by Gasteiger charge is -2.32. The van der Waals surface area contributed by atoms with Gasteiger partial charge in [-0.3, -0.25) is 9.59 Å². The van der Waals surface area contributed by atoms with Gasteiger partial charge in [0.2, 0.25) is 0 Å². The molecule has 6 heteroatoms. The third-order valence-electron chi connectivity index (χ3n) is 3.94. The molecular formula is C16H19N3O3. The first-order chi connectivity index (χ1) is 10.6. The number of piperidine rings is 1. The normalized spacial score (nSPS) is 18.4. The van der Waals surface area contributed by atoms with Crippen molar-refractivity contribution >= 4 is 5.91 Å². The molecule has 1 aliphatic heterocycles. The first-order valence-electron chi connectivity index (χ1n) is 7.48. The van der Waals surface area contributed by atoms with E-state index >= 15 is 0 Å². The lowest BCUT2D eigenvalue weighted by Crippen LogP contribution is -2.41. The van der Waals surface area contributed by atoms with Crippen LogP contribution in [0.3, 0.4) is 0 Å². The molecule has 1 atom stereocenters. The first-order valence-corrected chi connectivity index (χ1v) is 7.48. The average Bonchev–Trinajstić information content (AvgIpc) is 2.98. The maximum absolute atomic E-state index is 12.5. The van der Waals surface area contributed by atoms with Crippen LogP contribution >= 0.6 is 0 Å². The topological polar surface area (TPSA) is 68.3 Å². The maximum Gasteiger partial charge on any atom is 0.289 e. The highest BCUT2D eigenvalue weighted by Gasteiger charge is 2.26. The molecule has 2 aromatic rings. The minimum absolute atomic E-state index is 0.133. The zero-order chi connectivity index (χ0) is 15.5. The fourth-order valence-electron chi connectivity index (χ4n) is 2.96. The monoisotopic (exact) mass is 301 g/mol. The maximum atomic E-state index is 12.5. The first kappa shape index (κ1) is 14.6. The molecule has 0 spiro atoms. The van der Waals surface area contributed by atoms with E-state index in [-0.39, 0.29) is 17.1 Å². The third-order valence-corrected chi connectivity index (χ3v) is 3.94. The van der Waals surface area contributed by atoms with Gasteiger partial charge in [0.15, 0.2) is 11.2 Å². The molecular weight excluding hydrogens is 282 g/mol. The van der Waals surface area contributed by atoms with E-state index in [0.717, 1.165) is 19.4 Å². The van der Waals surface area contributed by atoms with Gasteiger partial charge >= 0.3 is 0 Å². The van der Waals surface area contributed by atoms with Gasteiger partial charge in [-0.05, 0) is 25.7 Å². The Kier molecular flexibility index (Phi) is 4.09. The van der Waals surface area contributed by atoms with Crippen molar-refractivity contribution < 1.29 is 9.21 Å². The third kappa shape index (κ3) is 3.27. The van der Waals surface area contributed by atoms with Crippen LogP contribution in [-0.4, -0.2) is 33.4 Å². The van der Waals surface area contributed by atoms with Crippen LogP contribution in [0.1, 0.15) is 29.2 Å². The molecule has 116 valence electrons. The molecule has 0 aromatic carbocycles. The van der Waals surface area contributed by atoms with Gasteiger partial charge in [-0.1, -0.05) is 0 Å². The summed E-state index contributed by atoms with van der Waals surface area (Å²) >= 11 is 0. The van der Waals surface area contributed by atoms with Crippen molar-refractivity contribution in [2.75, 3.05) is 13.1 Å². The Hall–Kier alpha value is -2.37. The predicted octanol–water partition coefficient (Wildman–Crippen LogP) is 1.70. The molecule has 2 aromatic heterocycles. The number of amides is 1. The van der Waals surface area contributed by atoms with Gasteiger partial charge < -0.3 is 13.9 Å². The van der Waals surface area contributed by atoms with Crippen LogP contribution < -0.4 is 5.43 Å². The van der Waals surface area contributed by atoms with E-state index in [0.29, 0.717) is 24.8 Å². The molecule has 0 radical (unpaired) electrons. The highest BCUT2D eigenvalue weighted by atomic mass is 16.3. The number of carbonyl (C=O) groups excluding carboxylic acids is 1. The Morgan fingerprint density at radius 1 is 1.45 bits per heavy atom. The molecule has 1 saturated heterocycles. The number of aryl methyl sites for hydroxylation is 1. The molecule has 6 nitrogen and oxygen atoms in total. The summed E-state index contributed by atoms with van der Waals surface area (Å²) < 4.78 is 7.44. The Bertz CT molecular complexity index is 706. The van der Waals surface area contributed by atoms with Gasteiger partial charge in [0.05, 0.1) is 6.33 Å². The van der Waals surface area contributed by atoms with E-state index in [9.17, 15) is 9.59 Å². The molecule has 3 heterocycles. The molecule has 0 N–H and O–H groups in total. The zero-order valence-electron chi connectivity index (χ0n) is 12.6. The van der Waals surface area contributed by atoms with E-state index in [2.05, 4.69) is 4.98 Å². The second-order valence-corrected chi connectivity index (χ2v) is 5.79. The van der Waals surface area contributed by atoms with Crippen LogP contribution in [0.25, 0.3) is 0 Å². The quantitative estimate of drug-likeness (QED) is 0.865. The molecule has 0 saturated carbocycles. The number of likely N-dealkylation sites (tertiary alicyclic amines) is 1. The lowest BCUT2D eigenvalue weighted by molar-refractivity contribution is 0.0626. The molecule has 1 fully saturated rings. The van der Waals surface area contributed by atoms with E-state index < -0.39 is 0 Å². The van der Waals surface area contributed by atoms with E-state index in [1.165, 1.54) is 12.1 Å². The largest absolute Gasteiger partial charge is 0.456 e. The molecule has 1 amide bonds. The van der Waals surface area contributed by atoms with Gasteiger partial charge in [0, 0.05) is 44.2 Å². The SMILES string of the molecule is Cc1cc(=O)cc(C(=O)N2CCCC(Cn3ccnc3)C2)o1. The summed E-state index contributed by atoms with van der Waals surface area (Å²) in [6, 6.07) is 2.66. The number of carbonyl (C=O) groups is 1. The van der Waals surface area contributed by atoms with Gasteiger partial charge in [-0.2, -0.15) is 0 Å². The van der Waals surface area contributed by atoms with Gasteiger partial charge in [0.25, 0.3) is 5.91 Å². The summed E-state index contributed by atoms with van der Waals surface area (Å²) in [6.45, 7) is 3.91. The predicted molar refractivity (Wildman–Crippen MR) is 80.6 cm³/mol. The van der Waals surface area contributed by atoms with Crippen molar-refractivity contribution in [2.45, 2.75) is 26.3 Å². The Labute approximate surface area is 128 Å². The van der Waals surface area contributed by atoms with Crippen LogP contribution in [0.15, 0.2) is 40.1 Å². The smallest absolute Gasteiger partial charge is 0.289 e. The van der Waals surface area contributed by atoms with Crippen molar-refractivity contribution in [3.8, 4) is 0 Å². The number of nitrogens with zero attached hydrogens (tertiary/aromatic N) is 3. The van der Waals surface area contributed by atoms with E-state index in [1.54, 1.807) is 24.3 Å². The number of rotatable bonds is 3. The Morgan fingerprint density at radius 2 is 2.32 bits per heavy atom. The second kappa shape index (κ2) is 6.17. The lowest BCUT2D eigenvalue weighted by atomic mass is 9.97. The second-order valence-electron chi connectivity index (χ2n) is 5.79. The summed E-state index contributed by atoms with van der Waals surface area (Å²) in [5.74, 6) is 0.788. The molecule has 0 aliphatic carbocycles. The number of hydrogen-bond acceptors (Lipinski definition) is 4. The number of hydrogen-bond donors (Lipinski definition) is 0. The van der Waals surface area contributed by atoms with E-state index in [1.807, 2.05) is 10.8 Å². The Morgan fingerprint density at radius 3 is 3.05 bits per heavy atom. The fraction of sp³-hybridized carbons (Fsp3) is 0.438.